The first-order valence-electron chi connectivity index (χ1n) is 7.36. The molecule has 122 valence electrons. The molecule has 1 atom stereocenters. The fraction of sp³-hybridized carbons (Fsp3) is 0.562. The zero-order valence-electron chi connectivity index (χ0n) is 13.5. The van der Waals surface area contributed by atoms with Crippen LogP contribution in [0.2, 0.25) is 0 Å². The van der Waals surface area contributed by atoms with Gasteiger partial charge in [0, 0.05) is 24.6 Å². The zero-order chi connectivity index (χ0) is 16.1. The maximum Gasteiger partial charge on any atom is 0.340 e. The second kappa shape index (κ2) is 7.35. The summed E-state index contributed by atoms with van der Waals surface area (Å²) >= 11 is 0. The average Bonchev–Trinajstić information content (AvgIpc) is 3.00. The molecule has 1 heterocycles. The molecule has 1 saturated heterocycles. The van der Waals surface area contributed by atoms with Gasteiger partial charge < -0.3 is 24.3 Å². The number of hydrogen-bond donors (Lipinski definition) is 1. The maximum absolute atomic E-state index is 12.0. The van der Waals surface area contributed by atoms with Crippen molar-refractivity contribution in [3.63, 3.8) is 0 Å². The summed E-state index contributed by atoms with van der Waals surface area (Å²) in [6, 6.07) is 3.59. The molecule has 1 aliphatic rings. The van der Waals surface area contributed by atoms with E-state index in [4.69, 9.17) is 18.9 Å². The second-order valence-corrected chi connectivity index (χ2v) is 5.44. The quantitative estimate of drug-likeness (QED) is 0.814. The van der Waals surface area contributed by atoms with Gasteiger partial charge in [0.05, 0.1) is 38.7 Å². The summed E-state index contributed by atoms with van der Waals surface area (Å²) in [4.78, 5) is 12.0. The molecular weight excluding hydrogens is 286 g/mol. The highest BCUT2D eigenvalue weighted by atomic mass is 16.6. The Bertz CT molecular complexity index is 524. The maximum atomic E-state index is 12.0. The molecule has 0 amide bonds. The van der Waals surface area contributed by atoms with E-state index >= 15 is 0 Å². The standard InChI is InChI=1S/C16H23NO5/c1-10(2)17-13-8-14(19-3)15(7-12(13)16(18)20-4)22-11-5-6-21-9-11/h7-8,10-11,17H,5-6,9H2,1-4H3. The van der Waals surface area contributed by atoms with Crippen LogP contribution < -0.4 is 14.8 Å². The molecule has 0 spiro atoms. The molecule has 0 aliphatic carbocycles. The lowest BCUT2D eigenvalue weighted by atomic mass is 10.1. The van der Waals surface area contributed by atoms with E-state index in [1.165, 1.54) is 7.11 Å². The SMILES string of the molecule is COC(=O)c1cc(OC2CCOC2)c(OC)cc1NC(C)C. The van der Waals surface area contributed by atoms with Crippen LogP contribution >= 0.6 is 0 Å². The van der Waals surface area contributed by atoms with Gasteiger partial charge in [0.15, 0.2) is 11.5 Å². The fourth-order valence-corrected chi connectivity index (χ4v) is 2.31. The number of esters is 1. The molecule has 1 N–H and O–H groups in total. The van der Waals surface area contributed by atoms with Gasteiger partial charge in [0.25, 0.3) is 0 Å². The minimum absolute atomic E-state index is 0.0247. The summed E-state index contributed by atoms with van der Waals surface area (Å²) < 4.78 is 21.5. The van der Waals surface area contributed by atoms with Crippen molar-refractivity contribution in [1.29, 1.82) is 0 Å². The van der Waals surface area contributed by atoms with Crippen molar-refractivity contribution in [2.75, 3.05) is 32.8 Å². The molecule has 0 radical (unpaired) electrons. The van der Waals surface area contributed by atoms with Crippen LogP contribution in [0.15, 0.2) is 12.1 Å². The highest BCUT2D eigenvalue weighted by molar-refractivity contribution is 5.96. The van der Waals surface area contributed by atoms with E-state index in [1.807, 2.05) is 13.8 Å². The Hall–Kier alpha value is -1.95. The van der Waals surface area contributed by atoms with Gasteiger partial charge >= 0.3 is 5.97 Å². The van der Waals surface area contributed by atoms with Gasteiger partial charge in [0.1, 0.15) is 6.10 Å². The molecule has 2 rings (SSSR count). The van der Waals surface area contributed by atoms with Crippen LogP contribution in [-0.4, -0.2) is 45.5 Å². The normalized spacial score (nSPS) is 17.4. The monoisotopic (exact) mass is 309 g/mol. The van der Waals surface area contributed by atoms with Gasteiger partial charge in [-0.15, -0.1) is 0 Å². The van der Waals surface area contributed by atoms with Crippen molar-refractivity contribution in [2.45, 2.75) is 32.4 Å². The van der Waals surface area contributed by atoms with Gasteiger partial charge in [-0.05, 0) is 13.8 Å². The molecule has 1 aliphatic heterocycles. The van der Waals surface area contributed by atoms with E-state index in [2.05, 4.69) is 5.32 Å². The van der Waals surface area contributed by atoms with Crippen LogP contribution in [0.1, 0.15) is 30.6 Å². The molecule has 0 aromatic heterocycles. The number of hydrogen-bond acceptors (Lipinski definition) is 6. The minimum Gasteiger partial charge on any atom is -0.493 e. The number of methoxy groups -OCH3 is 2. The number of benzene rings is 1. The first-order chi connectivity index (χ1) is 10.5. The molecule has 1 aromatic rings. The first kappa shape index (κ1) is 16.4. The third-order valence-corrected chi connectivity index (χ3v) is 3.33. The Kier molecular flexibility index (Phi) is 5.49. The minimum atomic E-state index is -0.418. The number of rotatable bonds is 6. The lowest BCUT2D eigenvalue weighted by molar-refractivity contribution is 0.0600. The lowest BCUT2D eigenvalue weighted by Crippen LogP contribution is -2.18. The third kappa shape index (κ3) is 3.82. The zero-order valence-corrected chi connectivity index (χ0v) is 13.5. The molecule has 1 aromatic carbocycles. The summed E-state index contributed by atoms with van der Waals surface area (Å²) in [6.45, 7) is 5.22. The van der Waals surface area contributed by atoms with E-state index in [-0.39, 0.29) is 12.1 Å². The fourth-order valence-electron chi connectivity index (χ4n) is 2.31. The number of carbonyl (C=O) groups is 1. The molecular formula is C16H23NO5. The summed E-state index contributed by atoms with van der Waals surface area (Å²) in [7, 11) is 2.93. The summed E-state index contributed by atoms with van der Waals surface area (Å²) in [5.74, 6) is 0.675. The number of anilines is 1. The topological polar surface area (TPSA) is 66.0 Å². The van der Waals surface area contributed by atoms with Gasteiger partial charge in [-0.3, -0.25) is 0 Å². The highest BCUT2D eigenvalue weighted by Gasteiger charge is 2.22. The predicted octanol–water partition coefficient (Wildman–Crippen LogP) is 2.47. The van der Waals surface area contributed by atoms with Gasteiger partial charge in [-0.25, -0.2) is 4.79 Å². The molecule has 0 bridgehead atoms. The molecule has 22 heavy (non-hydrogen) atoms. The first-order valence-corrected chi connectivity index (χ1v) is 7.36. The van der Waals surface area contributed by atoms with E-state index < -0.39 is 5.97 Å². The van der Waals surface area contributed by atoms with Crippen molar-refractivity contribution in [3.8, 4) is 11.5 Å². The second-order valence-electron chi connectivity index (χ2n) is 5.44. The van der Waals surface area contributed by atoms with E-state index in [1.54, 1.807) is 19.2 Å². The van der Waals surface area contributed by atoms with Crippen LogP contribution in [0.5, 0.6) is 11.5 Å². The van der Waals surface area contributed by atoms with Crippen LogP contribution in [0.4, 0.5) is 5.69 Å². The van der Waals surface area contributed by atoms with Gasteiger partial charge in [-0.2, -0.15) is 0 Å². The van der Waals surface area contributed by atoms with Gasteiger partial charge in [0.2, 0.25) is 0 Å². The summed E-state index contributed by atoms with van der Waals surface area (Å²) in [5.41, 5.74) is 1.08. The highest BCUT2D eigenvalue weighted by Crippen LogP contribution is 2.35. The molecule has 6 nitrogen and oxygen atoms in total. The van der Waals surface area contributed by atoms with E-state index in [0.29, 0.717) is 36.0 Å². The Labute approximate surface area is 130 Å². The Balaban J connectivity index is 2.37. The number of nitrogens with one attached hydrogen (secondary N) is 1. The summed E-state index contributed by atoms with van der Waals surface area (Å²) in [5, 5.41) is 3.22. The Morgan fingerprint density at radius 2 is 2.09 bits per heavy atom. The van der Waals surface area contributed by atoms with E-state index in [9.17, 15) is 4.79 Å². The van der Waals surface area contributed by atoms with Crippen molar-refractivity contribution in [1.82, 2.24) is 0 Å². The molecule has 1 fully saturated rings. The van der Waals surface area contributed by atoms with Crippen LogP contribution in [0, 0.1) is 0 Å². The lowest BCUT2D eigenvalue weighted by Gasteiger charge is -2.19. The van der Waals surface area contributed by atoms with Gasteiger partial charge in [-0.1, -0.05) is 0 Å². The Morgan fingerprint density at radius 1 is 1.32 bits per heavy atom. The largest absolute Gasteiger partial charge is 0.493 e. The van der Waals surface area contributed by atoms with Crippen LogP contribution in [0.3, 0.4) is 0 Å². The van der Waals surface area contributed by atoms with Crippen molar-refractivity contribution in [3.05, 3.63) is 17.7 Å². The third-order valence-electron chi connectivity index (χ3n) is 3.33. The van der Waals surface area contributed by atoms with Crippen molar-refractivity contribution < 1.29 is 23.7 Å². The number of carbonyl (C=O) groups excluding carboxylic acids is 1. The average molecular weight is 309 g/mol. The van der Waals surface area contributed by atoms with E-state index in [0.717, 1.165) is 6.42 Å². The molecule has 6 heteroatoms. The molecule has 0 saturated carbocycles. The van der Waals surface area contributed by atoms with Crippen LogP contribution in [-0.2, 0) is 9.47 Å². The Morgan fingerprint density at radius 3 is 2.64 bits per heavy atom. The van der Waals surface area contributed by atoms with Crippen LogP contribution in [0.25, 0.3) is 0 Å². The predicted molar refractivity (Wildman–Crippen MR) is 82.9 cm³/mol. The number of ether oxygens (including phenoxy) is 4. The van der Waals surface area contributed by atoms with Crippen molar-refractivity contribution in [2.24, 2.45) is 0 Å². The summed E-state index contributed by atoms with van der Waals surface area (Å²) in [6.07, 6.45) is 0.797. The smallest absolute Gasteiger partial charge is 0.340 e. The molecule has 1 unspecified atom stereocenters. The van der Waals surface area contributed by atoms with Crippen molar-refractivity contribution >= 4 is 11.7 Å².